The lowest BCUT2D eigenvalue weighted by Gasteiger charge is -2.15. The average Bonchev–Trinajstić information content (AvgIpc) is 3.39. The number of hydrazine groups is 1. The Hall–Kier alpha value is -3.66. The van der Waals surface area contributed by atoms with Crippen LogP contribution in [0.1, 0.15) is 27.2 Å². The summed E-state index contributed by atoms with van der Waals surface area (Å²) < 4.78 is 23.8. The van der Waals surface area contributed by atoms with Crippen LogP contribution in [0.5, 0.6) is 5.75 Å². The molecule has 3 aromatic rings. The van der Waals surface area contributed by atoms with Crippen LogP contribution < -0.4 is 20.9 Å². The number of hydrogen-bond acceptors (Lipinski definition) is 6. The van der Waals surface area contributed by atoms with Crippen molar-refractivity contribution in [3.8, 4) is 5.75 Å². The van der Waals surface area contributed by atoms with Gasteiger partial charge >= 0.3 is 0 Å². The Morgan fingerprint density at radius 2 is 1.83 bits per heavy atom. The molecule has 10 heteroatoms. The lowest BCUT2D eigenvalue weighted by atomic mass is 10.3. The highest BCUT2D eigenvalue weighted by Gasteiger charge is 2.18. The summed E-state index contributed by atoms with van der Waals surface area (Å²) in [5.74, 6) is -2.23. The van der Waals surface area contributed by atoms with Crippen molar-refractivity contribution in [1.82, 2.24) is 10.9 Å². The summed E-state index contributed by atoms with van der Waals surface area (Å²) in [4.78, 5) is 36.4. The van der Waals surface area contributed by atoms with Crippen molar-refractivity contribution in [1.29, 1.82) is 0 Å². The van der Waals surface area contributed by atoms with Gasteiger partial charge in [0.2, 0.25) is 0 Å². The van der Waals surface area contributed by atoms with Crippen LogP contribution in [-0.2, 0) is 4.79 Å². The highest BCUT2D eigenvalue weighted by atomic mass is 32.1. The fraction of sp³-hybridized carbons (Fsp3) is 0.105. The maximum atomic E-state index is 13.6. The van der Waals surface area contributed by atoms with Gasteiger partial charge in [0.1, 0.15) is 0 Å². The molecule has 0 aliphatic rings. The molecular formula is C19H16FN3O5S. The first kappa shape index (κ1) is 20.1. The minimum atomic E-state index is -1.04. The number of hydrogen-bond donors (Lipinski definition) is 3. The number of anilines is 1. The third-order valence-electron chi connectivity index (χ3n) is 3.62. The number of nitrogens with one attached hydrogen (secondary N) is 3. The van der Waals surface area contributed by atoms with Crippen molar-refractivity contribution < 1.29 is 27.9 Å². The summed E-state index contributed by atoms with van der Waals surface area (Å²) in [6.45, 7) is 1.42. The highest BCUT2D eigenvalue weighted by molar-refractivity contribution is 7.18. The van der Waals surface area contributed by atoms with Crippen molar-refractivity contribution in [3.63, 3.8) is 0 Å². The van der Waals surface area contributed by atoms with E-state index in [1.54, 1.807) is 18.2 Å². The number of para-hydroxylation sites is 1. The number of carbonyl (C=O) groups is 3. The van der Waals surface area contributed by atoms with Gasteiger partial charge in [0.05, 0.1) is 16.1 Å². The smallest absolute Gasteiger partial charge is 0.291 e. The Morgan fingerprint density at radius 3 is 2.55 bits per heavy atom. The first-order valence-corrected chi connectivity index (χ1v) is 9.22. The van der Waals surface area contributed by atoms with Gasteiger partial charge in [0.25, 0.3) is 17.7 Å². The highest BCUT2D eigenvalue weighted by Crippen LogP contribution is 2.22. The van der Waals surface area contributed by atoms with Gasteiger partial charge < -0.3 is 14.5 Å². The molecule has 2 aromatic heterocycles. The van der Waals surface area contributed by atoms with E-state index >= 15 is 0 Å². The van der Waals surface area contributed by atoms with Crippen LogP contribution in [0.15, 0.2) is 59.2 Å². The summed E-state index contributed by atoms with van der Waals surface area (Å²) in [6.07, 6.45) is 0.334. The Bertz CT molecular complexity index is 1020. The number of halogens is 1. The standard InChI is InChI=1S/C19H16FN3O5S/c1-11(28-13-6-3-2-5-12(13)20)17(24)22-23-19(26)15-8-9-16(29-15)21-18(25)14-7-4-10-27-14/h2-11H,1H3,(H,21,25)(H,22,24)(H,23,26). The van der Waals surface area contributed by atoms with Crippen LogP contribution in [0.25, 0.3) is 0 Å². The molecule has 1 aromatic carbocycles. The molecule has 150 valence electrons. The van der Waals surface area contributed by atoms with E-state index < -0.39 is 29.6 Å². The molecule has 8 nitrogen and oxygen atoms in total. The van der Waals surface area contributed by atoms with E-state index in [0.29, 0.717) is 5.00 Å². The number of thiophene rings is 1. The van der Waals surface area contributed by atoms with Crippen LogP contribution in [0.3, 0.4) is 0 Å². The van der Waals surface area contributed by atoms with E-state index in [9.17, 15) is 18.8 Å². The van der Waals surface area contributed by atoms with Crippen LogP contribution in [-0.4, -0.2) is 23.8 Å². The molecule has 0 aliphatic carbocycles. The predicted octanol–water partition coefficient (Wildman–Crippen LogP) is 2.96. The lowest BCUT2D eigenvalue weighted by molar-refractivity contribution is -0.128. The molecule has 1 unspecified atom stereocenters. The Morgan fingerprint density at radius 1 is 1.03 bits per heavy atom. The van der Waals surface area contributed by atoms with Gasteiger partial charge in [0.15, 0.2) is 23.4 Å². The van der Waals surface area contributed by atoms with Gasteiger partial charge in [-0.25, -0.2) is 4.39 Å². The van der Waals surface area contributed by atoms with Crippen molar-refractivity contribution >= 4 is 34.1 Å². The third-order valence-corrected chi connectivity index (χ3v) is 4.62. The molecule has 3 N–H and O–H groups in total. The SMILES string of the molecule is CC(Oc1ccccc1F)C(=O)NNC(=O)c1ccc(NC(=O)c2ccco2)s1. The minimum absolute atomic E-state index is 0.0725. The number of benzene rings is 1. The zero-order valence-corrected chi connectivity index (χ0v) is 15.9. The second-order valence-corrected chi connectivity index (χ2v) is 6.81. The van der Waals surface area contributed by atoms with E-state index in [1.165, 1.54) is 43.5 Å². The Labute approximate surface area is 168 Å². The Balaban J connectivity index is 1.50. The molecule has 0 saturated carbocycles. The van der Waals surface area contributed by atoms with E-state index in [0.717, 1.165) is 11.3 Å². The summed E-state index contributed by atoms with van der Waals surface area (Å²) in [7, 11) is 0. The number of rotatable bonds is 6. The summed E-state index contributed by atoms with van der Waals surface area (Å²) in [6, 6.07) is 11.8. The number of carbonyl (C=O) groups excluding carboxylic acids is 3. The molecule has 2 heterocycles. The molecule has 0 saturated heterocycles. The van der Waals surface area contributed by atoms with Gasteiger partial charge in [0, 0.05) is 0 Å². The normalized spacial score (nSPS) is 11.4. The first-order chi connectivity index (χ1) is 13.9. The summed E-state index contributed by atoms with van der Waals surface area (Å²) in [5.41, 5.74) is 4.45. The van der Waals surface area contributed by atoms with Crippen LogP contribution in [0.2, 0.25) is 0 Å². The second-order valence-electron chi connectivity index (χ2n) is 5.73. The van der Waals surface area contributed by atoms with E-state index in [4.69, 9.17) is 9.15 Å². The maximum absolute atomic E-state index is 13.6. The van der Waals surface area contributed by atoms with Crippen molar-refractivity contribution in [2.75, 3.05) is 5.32 Å². The number of furan rings is 1. The monoisotopic (exact) mass is 417 g/mol. The molecule has 29 heavy (non-hydrogen) atoms. The molecule has 0 radical (unpaired) electrons. The van der Waals surface area contributed by atoms with E-state index in [1.807, 2.05) is 0 Å². The topological polar surface area (TPSA) is 110 Å². The first-order valence-electron chi connectivity index (χ1n) is 8.40. The predicted molar refractivity (Wildman–Crippen MR) is 103 cm³/mol. The number of amides is 3. The largest absolute Gasteiger partial charge is 0.478 e. The van der Waals surface area contributed by atoms with Gasteiger partial charge in [-0.2, -0.15) is 0 Å². The molecule has 0 bridgehead atoms. The lowest BCUT2D eigenvalue weighted by Crippen LogP contribution is -2.47. The van der Waals surface area contributed by atoms with Crippen LogP contribution >= 0.6 is 11.3 Å². The molecule has 3 amide bonds. The molecule has 0 aliphatic heterocycles. The van der Waals surface area contributed by atoms with E-state index in [2.05, 4.69) is 16.2 Å². The van der Waals surface area contributed by atoms with Crippen molar-refractivity contribution in [2.45, 2.75) is 13.0 Å². The maximum Gasteiger partial charge on any atom is 0.291 e. The van der Waals surface area contributed by atoms with Crippen LogP contribution in [0, 0.1) is 5.82 Å². The van der Waals surface area contributed by atoms with Crippen molar-refractivity contribution in [3.05, 3.63) is 71.2 Å². The molecule has 0 fully saturated rings. The quantitative estimate of drug-likeness (QED) is 0.534. The van der Waals surface area contributed by atoms with Gasteiger partial charge in [-0.15, -0.1) is 11.3 Å². The average molecular weight is 417 g/mol. The molecule has 3 rings (SSSR count). The second kappa shape index (κ2) is 9.02. The van der Waals surface area contributed by atoms with Gasteiger partial charge in [-0.3, -0.25) is 25.2 Å². The summed E-state index contributed by atoms with van der Waals surface area (Å²) in [5, 5.41) is 3.03. The minimum Gasteiger partial charge on any atom is -0.478 e. The number of ether oxygens (including phenoxy) is 1. The molecule has 1 atom stereocenters. The fourth-order valence-electron chi connectivity index (χ4n) is 2.17. The van der Waals surface area contributed by atoms with Gasteiger partial charge in [-0.05, 0) is 43.3 Å². The Kier molecular flexibility index (Phi) is 6.25. The zero-order valence-electron chi connectivity index (χ0n) is 15.1. The summed E-state index contributed by atoms with van der Waals surface area (Å²) >= 11 is 1.01. The van der Waals surface area contributed by atoms with Gasteiger partial charge in [-0.1, -0.05) is 12.1 Å². The molecule has 0 spiro atoms. The fourth-order valence-corrected chi connectivity index (χ4v) is 2.97. The van der Waals surface area contributed by atoms with Crippen molar-refractivity contribution in [2.24, 2.45) is 0 Å². The zero-order chi connectivity index (χ0) is 20.8. The molecular weight excluding hydrogens is 401 g/mol. The van der Waals surface area contributed by atoms with Crippen LogP contribution in [0.4, 0.5) is 9.39 Å². The third kappa shape index (κ3) is 5.20. The van der Waals surface area contributed by atoms with E-state index in [-0.39, 0.29) is 16.4 Å².